The molecule has 0 unspecified atom stereocenters. The highest BCUT2D eigenvalue weighted by Gasteiger charge is 2.43. The van der Waals surface area contributed by atoms with E-state index in [1.165, 1.54) is 7.11 Å². The molecule has 0 saturated carbocycles. The Balaban J connectivity index is 1.21. The van der Waals surface area contributed by atoms with Crippen molar-refractivity contribution in [2.75, 3.05) is 79.3 Å². The van der Waals surface area contributed by atoms with Gasteiger partial charge in [0.1, 0.15) is 0 Å². The lowest BCUT2D eigenvalue weighted by molar-refractivity contribution is -0.00849. The van der Waals surface area contributed by atoms with Crippen LogP contribution < -0.4 is 15.4 Å². The maximum atomic E-state index is 9.60. The van der Waals surface area contributed by atoms with Crippen LogP contribution in [0.2, 0.25) is 6.04 Å². The van der Waals surface area contributed by atoms with Crippen molar-refractivity contribution >= 4 is 15.0 Å². The Bertz CT molecular complexity index is 667. The second-order valence-corrected chi connectivity index (χ2v) is 10.4. The number of nitrogens with one attached hydrogen (secondary N) is 2. The van der Waals surface area contributed by atoms with E-state index in [4.69, 9.17) is 18.0 Å². The summed E-state index contributed by atoms with van der Waals surface area (Å²) in [6, 6.07) is 6.06. The summed E-state index contributed by atoms with van der Waals surface area (Å²) in [7, 11) is -0.940. The molecule has 3 heterocycles. The Morgan fingerprint density at radius 2 is 1.74 bits per heavy atom. The molecular weight excluding hydrogens is 416 g/mol. The SMILES string of the molecule is COc1cc(C=NCCNCCNCCC[Si]23OCCN(CCO2)CCO3)ccc1O. The number of aromatic hydroxyl groups is 1. The van der Waals surface area contributed by atoms with Crippen LogP contribution in [0.4, 0.5) is 0 Å². The van der Waals surface area contributed by atoms with E-state index in [2.05, 4.69) is 20.5 Å². The van der Waals surface area contributed by atoms with Gasteiger partial charge in [-0.3, -0.25) is 9.89 Å². The lowest BCUT2D eigenvalue weighted by atomic mass is 10.2. The Kier molecular flexibility index (Phi) is 10.2. The molecule has 4 rings (SSSR count). The second kappa shape index (κ2) is 13.1. The number of hydrogen-bond donors (Lipinski definition) is 3. The molecule has 10 heteroatoms. The monoisotopic (exact) mass is 452 g/mol. The van der Waals surface area contributed by atoms with Gasteiger partial charge in [-0.25, -0.2) is 0 Å². The summed E-state index contributed by atoms with van der Waals surface area (Å²) in [6.45, 7) is 9.34. The van der Waals surface area contributed by atoms with Crippen LogP contribution in [-0.2, 0) is 13.3 Å². The number of phenols is 1. The van der Waals surface area contributed by atoms with Crippen LogP contribution in [-0.4, -0.2) is 104 Å². The molecule has 0 aromatic heterocycles. The van der Waals surface area contributed by atoms with Gasteiger partial charge >= 0.3 is 8.80 Å². The zero-order chi connectivity index (χ0) is 21.8. The standard InChI is InChI=1S/C21H36N4O5Si/c1-27-21-17-19(3-4-20(21)26)18-24-9-8-23-7-6-22-5-2-16-31-28-13-10-25(11-14-29-31)12-15-30-31/h3-4,17-18,22-23,26H,2,5-16H2,1H3. The highest BCUT2D eigenvalue weighted by Crippen LogP contribution is 2.25. The predicted octanol–water partition coefficient (Wildman–Crippen LogP) is 0.707. The molecule has 31 heavy (non-hydrogen) atoms. The minimum absolute atomic E-state index is 0.133. The van der Waals surface area contributed by atoms with Gasteiger partial charge in [0.15, 0.2) is 11.5 Å². The van der Waals surface area contributed by atoms with E-state index in [-0.39, 0.29) is 5.75 Å². The van der Waals surface area contributed by atoms with Gasteiger partial charge in [-0.1, -0.05) is 0 Å². The van der Waals surface area contributed by atoms with Gasteiger partial charge in [-0.2, -0.15) is 0 Å². The highest BCUT2D eigenvalue weighted by molar-refractivity contribution is 6.60. The Hall–Kier alpha value is -1.53. The first-order valence-corrected chi connectivity index (χ1v) is 13.1. The van der Waals surface area contributed by atoms with Crippen LogP contribution in [0.5, 0.6) is 11.5 Å². The predicted molar refractivity (Wildman–Crippen MR) is 122 cm³/mol. The van der Waals surface area contributed by atoms with Crippen LogP contribution in [0.25, 0.3) is 0 Å². The van der Waals surface area contributed by atoms with Gasteiger partial charge in [-0.05, 0) is 36.7 Å². The van der Waals surface area contributed by atoms with Gasteiger partial charge in [0.25, 0.3) is 0 Å². The second-order valence-electron chi connectivity index (χ2n) is 7.64. The smallest absolute Gasteiger partial charge is 0.501 e. The highest BCUT2D eigenvalue weighted by atomic mass is 28.4. The third kappa shape index (κ3) is 8.15. The van der Waals surface area contributed by atoms with E-state index in [0.29, 0.717) is 32.1 Å². The number of rotatable bonds is 12. The first-order chi connectivity index (χ1) is 15.2. The van der Waals surface area contributed by atoms with Gasteiger partial charge in [-0.15, -0.1) is 0 Å². The van der Waals surface area contributed by atoms with E-state index in [0.717, 1.165) is 63.8 Å². The Morgan fingerprint density at radius 3 is 2.42 bits per heavy atom. The van der Waals surface area contributed by atoms with Gasteiger partial charge < -0.3 is 33.8 Å². The molecule has 3 fully saturated rings. The van der Waals surface area contributed by atoms with Crippen LogP contribution in [0, 0.1) is 0 Å². The first kappa shape index (κ1) is 24.1. The van der Waals surface area contributed by atoms with Gasteiger partial charge in [0, 0.05) is 51.5 Å². The van der Waals surface area contributed by atoms with Crippen molar-refractivity contribution < 1.29 is 23.1 Å². The lowest BCUT2D eigenvalue weighted by Crippen LogP contribution is -2.55. The van der Waals surface area contributed by atoms with Crippen molar-refractivity contribution in [1.82, 2.24) is 15.5 Å². The van der Waals surface area contributed by atoms with Crippen LogP contribution in [0.3, 0.4) is 0 Å². The van der Waals surface area contributed by atoms with Crippen LogP contribution in [0.1, 0.15) is 12.0 Å². The molecule has 174 valence electrons. The van der Waals surface area contributed by atoms with Crippen molar-refractivity contribution in [3.05, 3.63) is 23.8 Å². The van der Waals surface area contributed by atoms with E-state index in [1.807, 2.05) is 6.07 Å². The molecule has 0 amide bonds. The number of ether oxygens (including phenoxy) is 1. The molecule has 0 radical (unpaired) electrons. The fourth-order valence-electron chi connectivity index (χ4n) is 3.61. The van der Waals surface area contributed by atoms with Crippen molar-refractivity contribution in [1.29, 1.82) is 0 Å². The van der Waals surface area contributed by atoms with Crippen molar-refractivity contribution in [3.8, 4) is 11.5 Å². The molecule has 0 aliphatic carbocycles. The summed E-state index contributed by atoms with van der Waals surface area (Å²) < 4.78 is 23.3. The summed E-state index contributed by atoms with van der Waals surface area (Å²) in [5, 5.41) is 16.5. The minimum Gasteiger partial charge on any atom is -0.504 e. The van der Waals surface area contributed by atoms with E-state index in [9.17, 15) is 5.11 Å². The fourth-order valence-corrected chi connectivity index (χ4v) is 6.11. The number of aliphatic imine (C=N–C) groups is 1. The van der Waals surface area contributed by atoms with Crippen molar-refractivity contribution in [2.45, 2.75) is 12.5 Å². The topological polar surface area (TPSA) is 96.8 Å². The van der Waals surface area contributed by atoms with E-state index >= 15 is 0 Å². The molecule has 1 aromatic rings. The quantitative estimate of drug-likeness (QED) is 0.242. The zero-order valence-electron chi connectivity index (χ0n) is 18.5. The first-order valence-electron chi connectivity index (χ1n) is 11.1. The average molecular weight is 453 g/mol. The molecule has 0 atom stereocenters. The summed E-state index contributed by atoms with van der Waals surface area (Å²) in [4.78, 5) is 6.74. The molecule has 3 aliphatic heterocycles. The number of phenolic OH excluding ortho intramolecular Hbond substituents is 1. The largest absolute Gasteiger partial charge is 0.504 e. The number of benzene rings is 1. The summed E-state index contributed by atoms with van der Waals surface area (Å²) in [5.41, 5.74) is 0.905. The zero-order valence-corrected chi connectivity index (χ0v) is 19.5. The average Bonchev–Trinajstić information content (AvgIpc) is 2.73. The van der Waals surface area contributed by atoms with Gasteiger partial charge in [0.2, 0.25) is 0 Å². The lowest BCUT2D eigenvalue weighted by Gasteiger charge is -2.38. The van der Waals surface area contributed by atoms with Crippen LogP contribution >= 0.6 is 0 Å². The molecule has 0 spiro atoms. The number of fused-ring (bicyclic) bond motifs is 6. The summed E-state index contributed by atoms with van der Waals surface area (Å²) >= 11 is 0. The molecule has 3 N–H and O–H groups in total. The third-order valence-electron chi connectivity index (χ3n) is 5.37. The number of hydrogen-bond acceptors (Lipinski definition) is 9. The molecule has 2 bridgehead atoms. The maximum Gasteiger partial charge on any atom is 0.501 e. The number of nitrogens with zero attached hydrogens (tertiary/aromatic N) is 2. The van der Waals surface area contributed by atoms with Crippen LogP contribution in [0.15, 0.2) is 23.2 Å². The van der Waals surface area contributed by atoms with Gasteiger partial charge in [0.05, 0.1) is 33.5 Å². The molecule has 9 nitrogen and oxygen atoms in total. The van der Waals surface area contributed by atoms with Crippen molar-refractivity contribution in [3.63, 3.8) is 0 Å². The molecular formula is C21H36N4O5Si. The molecule has 3 aliphatic rings. The van der Waals surface area contributed by atoms with E-state index in [1.54, 1.807) is 18.3 Å². The Morgan fingerprint density at radius 1 is 1.06 bits per heavy atom. The normalized spacial score (nSPS) is 24.1. The minimum atomic E-state index is -2.47. The van der Waals surface area contributed by atoms with E-state index < -0.39 is 8.80 Å². The molecule has 3 saturated heterocycles. The third-order valence-corrected chi connectivity index (χ3v) is 8.26. The van der Waals surface area contributed by atoms with Crippen molar-refractivity contribution in [2.24, 2.45) is 4.99 Å². The fraction of sp³-hybridized carbons (Fsp3) is 0.667. The Labute approximate surface area is 186 Å². The summed E-state index contributed by atoms with van der Waals surface area (Å²) in [5.74, 6) is 0.588. The summed E-state index contributed by atoms with van der Waals surface area (Å²) in [6.07, 6.45) is 2.79. The number of methoxy groups -OCH3 is 1. The maximum absolute atomic E-state index is 9.60. The molecule has 1 aromatic carbocycles.